The van der Waals surface area contributed by atoms with Crippen LogP contribution >= 0.6 is 11.6 Å². The van der Waals surface area contributed by atoms with E-state index >= 15 is 0 Å². The summed E-state index contributed by atoms with van der Waals surface area (Å²) in [6.45, 7) is 1.52. The number of aryl methyl sites for hydroxylation is 1. The fourth-order valence-electron chi connectivity index (χ4n) is 1.82. The summed E-state index contributed by atoms with van der Waals surface area (Å²) in [6.07, 6.45) is 1.16. The van der Waals surface area contributed by atoms with Crippen LogP contribution < -0.4 is 0 Å². The fraction of sp³-hybridized carbons (Fsp3) is 0.143. The van der Waals surface area contributed by atoms with Gasteiger partial charge in [-0.2, -0.15) is 4.98 Å². The van der Waals surface area contributed by atoms with E-state index in [4.69, 9.17) is 25.3 Å². The molecule has 22 heavy (non-hydrogen) atoms. The standard InChI is InChI=1S/C14H10ClN3O4/c1-8-17-11(22-18-8)6-20-14(19)12-13(21-7-16-12)9-4-2-3-5-10(9)15/h2-5,7H,6H2,1H3. The van der Waals surface area contributed by atoms with Crippen molar-refractivity contribution >= 4 is 17.6 Å². The van der Waals surface area contributed by atoms with Crippen molar-refractivity contribution in [1.82, 2.24) is 15.1 Å². The maximum absolute atomic E-state index is 12.1. The molecule has 7 nitrogen and oxygen atoms in total. The van der Waals surface area contributed by atoms with Gasteiger partial charge in [0.2, 0.25) is 0 Å². The van der Waals surface area contributed by atoms with Gasteiger partial charge in [0.25, 0.3) is 5.89 Å². The third-order valence-corrected chi connectivity index (χ3v) is 3.11. The van der Waals surface area contributed by atoms with Crippen molar-refractivity contribution in [2.45, 2.75) is 13.5 Å². The molecule has 0 N–H and O–H groups in total. The Kier molecular flexibility index (Phi) is 3.88. The van der Waals surface area contributed by atoms with Crippen LogP contribution in [0.3, 0.4) is 0 Å². The van der Waals surface area contributed by atoms with E-state index < -0.39 is 5.97 Å². The number of nitrogens with zero attached hydrogens (tertiary/aromatic N) is 3. The molecule has 0 bridgehead atoms. The lowest BCUT2D eigenvalue weighted by atomic mass is 10.1. The minimum atomic E-state index is -0.667. The van der Waals surface area contributed by atoms with Crippen molar-refractivity contribution in [3.63, 3.8) is 0 Å². The molecule has 0 radical (unpaired) electrons. The number of ether oxygens (including phenoxy) is 1. The molecule has 0 fully saturated rings. The smallest absolute Gasteiger partial charge is 0.361 e. The van der Waals surface area contributed by atoms with Crippen molar-refractivity contribution in [3.05, 3.63) is 53.1 Å². The number of oxazole rings is 1. The molecule has 1 aromatic carbocycles. The van der Waals surface area contributed by atoms with Crippen molar-refractivity contribution in [1.29, 1.82) is 0 Å². The van der Waals surface area contributed by atoms with E-state index in [9.17, 15) is 4.79 Å². The van der Waals surface area contributed by atoms with Crippen molar-refractivity contribution < 1.29 is 18.5 Å². The summed E-state index contributed by atoms with van der Waals surface area (Å²) in [5.41, 5.74) is 0.589. The molecule has 0 amide bonds. The van der Waals surface area contributed by atoms with Gasteiger partial charge >= 0.3 is 5.97 Å². The van der Waals surface area contributed by atoms with Gasteiger partial charge in [0.15, 0.2) is 30.3 Å². The van der Waals surface area contributed by atoms with Crippen LogP contribution in [0.5, 0.6) is 0 Å². The largest absolute Gasteiger partial charge is 0.451 e. The molecule has 0 aliphatic rings. The number of carbonyl (C=O) groups excluding carboxylic acids is 1. The second-order valence-corrected chi connectivity index (χ2v) is 4.73. The number of hydrogen-bond donors (Lipinski definition) is 0. The summed E-state index contributed by atoms with van der Waals surface area (Å²) in [5.74, 6) is 0.245. The van der Waals surface area contributed by atoms with E-state index in [0.29, 0.717) is 16.4 Å². The normalized spacial score (nSPS) is 10.6. The first-order chi connectivity index (χ1) is 10.6. The van der Waals surface area contributed by atoms with Gasteiger partial charge in [-0.15, -0.1) is 0 Å². The number of halogens is 1. The molecule has 0 saturated carbocycles. The highest BCUT2D eigenvalue weighted by molar-refractivity contribution is 6.33. The second-order valence-electron chi connectivity index (χ2n) is 4.32. The predicted octanol–water partition coefficient (Wildman–Crippen LogP) is 3.04. The molecule has 0 aliphatic carbocycles. The molecule has 3 aromatic rings. The minimum absolute atomic E-state index is 0.0318. The second kappa shape index (κ2) is 5.98. The predicted molar refractivity (Wildman–Crippen MR) is 75.1 cm³/mol. The summed E-state index contributed by atoms with van der Waals surface area (Å²) in [5, 5.41) is 4.05. The van der Waals surface area contributed by atoms with E-state index in [1.54, 1.807) is 31.2 Å². The maximum Gasteiger partial charge on any atom is 0.361 e. The van der Waals surface area contributed by atoms with Gasteiger partial charge in [0.05, 0.1) is 5.02 Å². The molecule has 112 valence electrons. The molecular formula is C14H10ClN3O4. The Bertz CT molecular complexity index is 812. The monoisotopic (exact) mass is 319 g/mol. The quantitative estimate of drug-likeness (QED) is 0.682. The summed E-state index contributed by atoms with van der Waals surface area (Å²) < 4.78 is 15.2. The Labute approximate surface area is 129 Å². The summed E-state index contributed by atoms with van der Waals surface area (Å²) >= 11 is 6.09. The zero-order valence-electron chi connectivity index (χ0n) is 11.4. The van der Waals surface area contributed by atoms with Gasteiger partial charge in [-0.05, 0) is 19.1 Å². The zero-order valence-corrected chi connectivity index (χ0v) is 12.2. The van der Waals surface area contributed by atoms with E-state index in [-0.39, 0.29) is 24.0 Å². The number of esters is 1. The number of carbonyl (C=O) groups is 1. The van der Waals surface area contributed by atoms with Gasteiger partial charge < -0.3 is 13.7 Å². The van der Waals surface area contributed by atoms with Crippen molar-refractivity contribution in [2.75, 3.05) is 0 Å². The van der Waals surface area contributed by atoms with E-state index in [1.807, 2.05) is 0 Å². The Morgan fingerprint density at radius 1 is 1.36 bits per heavy atom. The van der Waals surface area contributed by atoms with Gasteiger partial charge in [0.1, 0.15) is 0 Å². The SMILES string of the molecule is Cc1noc(COC(=O)c2ncoc2-c2ccccc2Cl)n1. The number of hydrogen-bond acceptors (Lipinski definition) is 7. The van der Waals surface area contributed by atoms with Crippen LogP contribution in [-0.2, 0) is 11.3 Å². The molecule has 0 saturated heterocycles. The summed E-state index contributed by atoms with van der Waals surface area (Å²) in [7, 11) is 0. The fourth-order valence-corrected chi connectivity index (χ4v) is 2.04. The van der Waals surface area contributed by atoms with Crippen molar-refractivity contribution in [2.24, 2.45) is 0 Å². The first-order valence-electron chi connectivity index (χ1n) is 6.30. The Hall–Kier alpha value is -2.67. The lowest BCUT2D eigenvalue weighted by Gasteiger charge is -2.03. The van der Waals surface area contributed by atoms with Crippen LogP contribution in [0.2, 0.25) is 5.02 Å². The topological polar surface area (TPSA) is 91.2 Å². The highest BCUT2D eigenvalue weighted by Gasteiger charge is 2.22. The average Bonchev–Trinajstić information content (AvgIpc) is 3.14. The molecule has 2 aromatic heterocycles. The van der Waals surface area contributed by atoms with E-state index in [1.165, 1.54) is 0 Å². The molecule has 8 heteroatoms. The van der Waals surface area contributed by atoms with Crippen molar-refractivity contribution in [3.8, 4) is 11.3 Å². The Balaban J connectivity index is 1.79. The third kappa shape index (κ3) is 2.84. The van der Waals surface area contributed by atoms with Crippen LogP contribution in [0.15, 0.2) is 39.6 Å². The van der Waals surface area contributed by atoms with Gasteiger partial charge in [-0.1, -0.05) is 28.9 Å². The lowest BCUT2D eigenvalue weighted by molar-refractivity contribution is 0.0424. The summed E-state index contributed by atoms with van der Waals surface area (Å²) in [4.78, 5) is 19.9. The lowest BCUT2D eigenvalue weighted by Crippen LogP contribution is -2.07. The highest BCUT2D eigenvalue weighted by atomic mass is 35.5. The summed E-state index contributed by atoms with van der Waals surface area (Å²) in [6, 6.07) is 6.97. The zero-order chi connectivity index (χ0) is 15.5. The van der Waals surface area contributed by atoms with E-state index in [2.05, 4.69) is 15.1 Å². The highest BCUT2D eigenvalue weighted by Crippen LogP contribution is 2.30. The van der Waals surface area contributed by atoms with Gasteiger partial charge in [-0.25, -0.2) is 9.78 Å². The molecule has 3 rings (SSSR count). The molecule has 0 aliphatic heterocycles. The number of aromatic nitrogens is 3. The first-order valence-corrected chi connectivity index (χ1v) is 6.67. The van der Waals surface area contributed by atoms with Crippen LogP contribution in [0.4, 0.5) is 0 Å². The molecule has 0 spiro atoms. The molecule has 0 atom stereocenters. The van der Waals surface area contributed by atoms with Crippen LogP contribution in [-0.4, -0.2) is 21.1 Å². The van der Waals surface area contributed by atoms with Crippen LogP contribution in [0.25, 0.3) is 11.3 Å². The number of rotatable bonds is 4. The Morgan fingerprint density at radius 3 is 2.91 bits per heavy atom. The van der Waals surface area contributed by atoms with Crippen LogP contribution in [0.1, 0.15) is 22.2 Å². The third-order valence-electron chi connectivity index (χ3n) is 2.78. The Morgan fingerprint density at radius 2 is 2.18 bits per heavy atom. The van der Waals surface area contributed by atoms with Gasteiger partial charge in [0, 0.05) is 5.56 Å². The first kappa shape index (κ1) is 14.3. The van der Waals surface area contributed by atoms with E-state index in [0.717, 1.165) is 6.39 Å². The molecular weight excluding hydrogens is 310 g/mol. The minimum Gasteiger partial charge on any atom is -0.451 e. The molecule has 2 heterocycles. The number of benzene rings is 1. The van der Waals surface area contributed by atoms with Crippen LogP contribution in [0, 0.1) is 6.92 Å². The van der Waals surface area contributed by atoms with Gasteiger partial charge in [-0.3, -0.25) is 0 Å². The molecule has 0 unspecified atom stereocenters. The maximum atomic E-state index is 12.1. The average molecular weight is 320 g/mol.